The molecule has 1 aliphatic rings. The minimum atomic E-state index is -4.33. The first kappa shape index (κ1) is 15.9. The first-order valence-corrected chi connectivity index (χ1v) is 7.37. The maximum Gasteiger partial charge on any atom is 0.416 e. The van der Waals surface area contributed by atoms with Crippen molar-refractivity contribution in [2.24, 2.45) is 0 Å². The Bertz CT molecular complexity index is 481. The van der Waals surface area contributed by atoms with E-state index < -0.39 is 11.7 Å². The van der Waals surface area contributed by atoms with Crippen LogP contribution in [0.4, 0.5) is 13.2 Å². The van der Waals surface area contributed by atoms with Crippen molar-refractivity contribution in [2.45, 2.75) is 51.2 Å². The second kappa shape index (κ2) is 6.50. The maximum atomic E-state index is 12.5. The van der Waals surface area contributed by atoms with Gasteiger partial charge in [0.2, 0.25) is 5.91 Å². The number of halogens is 3. The molecule has 0 aliphatic carbocycles. The number of hydrogen-bond acceptors (Lipinski definition) is 1. The number of hydrogen-bond donors (Lipinski definition) is 0. The van der Waals surface area contributed by atoms with Crippen LogP contribution in [0.15, 0.2) is 24.3 Å². The zero-order valence-corrected chi connectivity index (χ0v) is 12.1. The molecule has 0 radical (unpaired) electrons. The average molecular weight is 299 g/mol. The number of carbonyl (C=O) groups excluding carboxylic acids is 1. The molecule has 0 bridgehead atoms. The number of likely N-dealkylation sites (tertiary alicyclic amines) is 1. The van der Waals surface area contributed by atoms with Gasteiger partial charge in [0.1, 0.15) is 0 Å². The molecule has 1 aromatic carbocycles. The summed E-state index contributed by atoms with van der Waals surface area (Å²) in [5.74, 6) is 0.0151. The van der Waals surface area contributed by atoms with Crippen molar-refractivity contribution in [2.75, 3.05) is 6.54 Å². The highest BCUT2D eigenvalue weighted by molar-refractivity contribution is 5.79. The summed E-state index contributed by atoms with van der Waals surface area (Å²) < 4.78 is 37.5. The minimum Gasteiger partial charge on any atom is -0.339 e. The third kappa shape index (κ3) is 3.99. The van der Waals surface area contributed by atoms with Gasteiger partial charge >= 0.3 is 6.18 Å². The monoisotopic (exact) mass is 299 g/mol. The summed E-state index contributed by atoms with van der Waals surface area (Å²) in [6, 6.07) is 5.14. The lowest BCUT2D eigenvalue weighted by molar-refractivity contribution is -0.137. The van der Waals surface area contributed by atoms with Crippen LogP contribution in [-0.4, -0.2) is 23.4 Å². The van der Waals surface area contributed by atoms with E-state index in [-0.39, 0.29) is 18.4 Å². The van der Waals surface area contributed by atoms with Gasteiger partial charge in [0.05, 0.1) is 12.0 Å². The first-order valence-electron chi connectivity index (χ1n) is 7.37. The highest BCUT2D eigenvalue weighted by Gasteiger charge is 2.30. The van der Waals surface area contributed by atoms with E-state index in [0.717, 1.165) is 44.4 Å². The highest BCUT2D eigenvalue weighted by atomic mass is 19.4. The standard InChI is InChI=1S/C16H20F3NO/c1-2-14-5-3-4-10-20(14)15(21)11-12-6-8-13(9-7-12)16(17,18)19/h6-9,14H,2-5,10-11H2,1H3. The summed E-state index contributed by atoms with van der Waals surface area (Å²) >= 11 is 0. The number of alkyl halides is 3. The molecule has 1 atom stereocenters. The van der Waals surface area contributed by atoms with E-state index in [1.165, 1.54) is 12.1 Å². The number of rotatable bonds is 3. The van der Waals surface area contributed by atoms with Gasteiger partial charge in [-0.2, -0.15) is 13.2 Å². The lowest BCUT2D eigenvalue weighted by Crippen LogP contribution is -2.44. The molecule has 2 nitrogen and oxygen atoms in total. The molecule has 1 aromatic rings. The van der Waals surface area contributed by atoms with Crippen molar-refractivity contribution >= 4 is 5.91 Å². The molecule has 5 heteroatoms. The summed E-state index contributed by atoms with van der Waals surface area (Å²) in [7, 11) is 0. The normalized spacial score (nSPS) is 19.6. The average Bonchev–Trinajstić information content (AvgIpc) is 2.46. The van der Waals surface area contributed by atoms with E-state index in [1.54, 1.807) is 0 Å². The zero-order valence-electron chi connectivity index (χ0n) is 12.1. The molecule has 0 spiro atoms. The Balaban J connectivity index is 2.02. The van der Waals surface area contributed by atoms with Crippen molar-refractivity contribution in [1.29, 1.82) is 0 Å². The second-order valence-corrected chi connectivity index (χ2v) is 5.52. The number of amides is 1. The Morgan fingerprint density at radius 1 is 1.24 bits per heavy atom. The van der Waals surface area contributed by atoms with Crippen LogP contribution >= 0.6 is 0 Å². The molecule has 0 saturated carbocycles. The van der Waals surface area contributed by atoms with E-state index >= 15 is 0 Å². The van der Waals surface area contributed by atoms with Crippen LogP contribution in [-0.2, 0) is 17.4 Å². The Kier molecular flexibility index (Phi) is 4.91. The summed E-state index contributed by atoms with van der Waals surface area (Å²) in [5, 5.41) is 0. The van der Waals surface area contributed by atoms with Crippen LogP contribution in [0.1, 0.15) is 43.7 Å². The highest BCUT2D eigenvalue weighted by Crippen LogP contribution is 2.29. The van der Waals surface area contributed by atoms with Crippen molar-refractivity contribution < 1.29 is 18.0 Å². The SMILES string of the molecule is CCC1CCCCN1C(=O)Cc1ccc(C(F)(F)F)cc1. The van der Waals surface area contributed by atoms with Crippen LogP contribution in [0.2, 0.25) is 0 Å². The van der Waals surface area contributed by atoms with Crippen LogP contribution in [0.5, 0.6) is 0 Å². The third-order valence-electron chi connectivity index (χ3n) is 4.06. The molecule has 0 aromatic heterocycles. The van der Waals surface area contributed by atoms with E-state index in [9.17, 15) is 18.0 Å². The van der Waals surface area contributed by atoms with E-state index in [0.29, 0.717) is 5.56 Å². The number of piperidine rings is 1. The topological polar surface area (TPSA) is 20.3 Å². The Morgan fingerprint density at radius 2 is 1.90 bits per heavy atom. The minimum absolute atomic E-state index is 0.0151. The van der Waals surface area contributed by atoms with Gasteiger partial charge in [0.15, 0.2) is 0 Å². The van der Waals surface area contributed by atoms with E-state index in [1.807, 2.05) is 4.90 Å². The van der Waals surface area contributed by atoms with Crippen molar-refractivity contribution in [1.82, 2.24) is 4.90 Å². The van der Waals surface area contributed by atoms with Crippen molar-refractivity contribution in [3.8, 4) is 0 Å². The molecule has 1 amide bonds. The molecular weight excluding hydrogens is 279 g/mol. The number of nitrogens with zero attached hydrogens (tertiary/aromatic N) is 1. The molecule has 116 valence electrons. The lowest BCUT2D eigenvalue weighted by Gasteiger charge is -2.35. The van der Waals surface area contributed by atoms with Gasteiger partial charge in [-0.1, -0.05) is 19.1 Å². The first-order chi connectivity index (χ1) is 9.91. The van der Waals surface area contributed by atoms with Gasteiger partial charge in [-0.15, -0.1) is 0 Å². The zero-order chi connectivity index (χ0) is 15.5. The molecule has 1 unspecified atom stereocenters. The third-order valence-corrected chi connectivity index (χ3v) is 4.06. The summed E-state index contributed by atoms with van der Waals surface area (Å²) in [6.45, 7) is 2.83. The molecule has 21 heavy (non-hydrogen) atoms. The largest absolute Gasteiger partial charge is 0.416 e. The second-order valence-electron chi connectivity index (χ2n) is 5.52. The molecule has 1 heterocycles. The van der Waals surface area contributed by atoms with Gasteiger partial charge in [0.25, 0.3) is 0 Å². The van der Waals surface area contributed by atoms with Gasteiger partial charge in [0, 0.05) is 12.6 Å². The van der Waals surface area contributed by atoms with Crippen LogP contribution in [0.25, 0.3) is 0 Å². The fourth-order valence-corrected chi connectivity index (χ4v) is 2.84. The van der Waals surface area contributed by atoms with Gasteiger partial charge < -0.3 is 4.90 Å². The smallest absolute Gasteiger partial charge is 0.339 e. The molecule has 1 aliphatic heterocycles. The summed E-state index contributed by atoms with van der Waals surface area (Å²) in [5.41, 5.74) is -0.0449. The van der Waals surface area contributed by atoms with Crippen molar-refractivity contribution in [3.63, 3.8) is 0 Å². The molecule has 0 N–H and O–H groups in total. The predicted molar refractivity (Wildman–Crippen MR) is 74.8 cm³/mol. The summed E-state index contributed by atoms with van der Waals surface area (Å²) in [6.07, 6.45) is -0.0524. The van der Waals surface area contributed by atoms with Crippen molar-refractivity contribution in [3.05, 3.63) is 35.4 Å². The number of carbonyl (C=O) groups is 1. The van der Waals surface area contributed by atoms with Gasteiger partial charge in [-0.25, -0.2) is 0 Å². The van der Waals surface area contributed by atoms with Crippen LogP contribution in [0, 0.1) is 0 Å². The van der Waals surface area contributed by atoms with E-state index in [4.69, 9.17) is 0 Å². The molecule has 1 fully saturated rings. The fraction of sp³-hybridized carbons (Fsp3) is 0.562. The van der Waals surface area contributed by atoms with Crippen LogP contribution in [0.3, 0.4) is 0 Å². The molecular formula is C16H20F3NO. The number of benzene rings is 1. The van der Waals surface area contributed by atoms with Gasteiger partial charge in [-0.05, 0) is 43.4 Å². The van der Waals surface area contributed by atoms with Crippen LogP contribution < -0.4 is 0 Å². The Morgan fingerprint density at radius 3 is 2.48 bits per heavy atom. The molecule has 1 saturated heterocycles. The Hall–Kier alpha value is -1.52. The lowest BCUT2D eigenvalue weighted by atomic mass is 9.98. The quantitative estimate of drug-likeness (QED) is 0.825. The van der Waals surface area contributed by atoms with Gasteiger partial charge in [-0.3, -0.25) is 4.79 Å². The van der Waals surface area contributed by atoms with E-state index in [2.05, 4.69) is 6.92 Å². The Labute approximate surface area is 122 Å². The fourth-order valence-electron chi connectivity index (χ4n) is 2.84. The maximum absolute atomic E-state index is 12.5. The molecule has 2 rings (SSSR count). The summed E-state index contributed by atoms with van der Waals surface area (Å²) in [4.78, 5) is 14.2. The predicted octanol–water partition coefficient (Wildman–Crippen LogP) is 4.04.